The Bertz CT molecular complexity index is 826. The van der Waals surface area contributed by atoms with Crippen LogP contribution in [0, 0.1) is 5.92 Å². The molecule has 2 fully saturated rings. The van der Waals surface area contributed by atoms with Gasteiger partial charge in [-0.05, 0) is 30.4 Å². The second kappa shape index (κ2) is 8.98. The maximum atomic E-state index is 13.2. The quantitative estimate of drug-likeness (QED) is 0.690. The van der Waals surface area contributed by atoms with E-state index < -0.39 is 12.1 Å². The largest absolute Gasteiger partial charge is 0.376 e. The fourth-order valence-electron chi connectivity index (χ4n) is 4.32. The summed E-state index contributed by atoms with van der Waals surface area (Å²) in [5, 5.41) is 5.76. The lowest BCUT2D eigenvalue weighted by Crippen LogP contribution is -2.56. The minimum Gasteiger partial charge on any atom is -0.376 e. The van der Waals surface area contributed by atoms with Gasteiger partial charge in [0.05, 0.1) is 6.10 Å². The van der Waals surface area contributed by atoms with Crippen LogP contribution in [0.25, 0.3) is 0 Å². The van der Waals surface area contributed by atoms with E-state index in [1.165, 1.54) is 0 Å². The standard InChI is InChI=1S/C22H29N3O4S/c1-3-13(2)18(20(27)23-11-14-7-6-10-29-14)24-19(26)17-12-30-22-16-9-5-4-8-15(16)21(28)25(17)22/h4-5,8-9,13-14,17-18,22H,3,6-7,10-12H2,1-2H3,(H,23,27)(H,24,26)/t13-,14-,17+,18+,22+/m1/s1. The van der Waals surface area contributed by atoms with Crippen molar-refractivity contribution < 1.29 is 19.1 Å². The van der Waals surface area contributed by atoms with Crippen molar-refractivity contribution in [1.29, 1.82) is 0 Å². The SMILES string of the molecule is CC[C@@H](C)[C@H](NC(=O)[C@@H]1CS[C@H]2c3ccccc3C(=O)N12)C(=O)NC[C@H]1CCCO1. The minimum absolute atomic E-state index is 0.0187. The smallest absolute Gasteiger partial charge is 0.256 e. The van der Waals surface area contributed by atoms with E-state index in [0.717, 1.165) is 31.4 Å². The third kappa shape index (κ3) is 3.95. The third-order valence-electron chi connectivity index (χ3n) is 6.32. The molecule has 30 heavy (non-hydrogen) atoms. The maximum Gasteiger partial charge on any atom is 0.256 e. The van der Waals surface area contributed by atoms with Crippen LogP contribution in [0.15, 0.2) is 24.3 Å². The lowest BCUT2D eigenvalue weighted by atomic mass is 9.97. The summed E-state index contributed by atoms with van der Waals surface area (Å²) >= 11 is 1.60. The van der Waals surface area contributed by atoms with Gasteiger partial charge in [-0.3, -0.25) is 14.4 Å². The zero-order valence-electron chi connectivity index (χ0n) is 17.4. The molecule has 2 N–H and O–H groups in total. The Kier molecular flexibility index (Phi) is 6.34. The zero-order chi connectivity index (χ0) is 21.3. The molecule has 1 aromatic carbocycles. The molecule has 4 rings (SSSR count). The van der Waals surface area contributed by atoms with Crippen molar-refractivity contribution in [3.8, 4) is 0 Å². The lowest BCUT2D eigenvalue weighted by Gasteiger charge is -2.28. The van der Waals surface area contributed by atoms with Crippen LogP contribution >= 0.6 is 11.8 Å². The molecule has 0 radical (unpaired) electrons. The van der Waals surface area contributed by atoms with E-state index in [1.54, 1.807) is 16.7 Å². The van der Waals surface area contributed by atoms with Gasteiger partial charge in [0.15, 0.2) is 0 Å². The van der Waals surface area contributed by atoms with E-state index in [4.69, 9.17) is 4.74 Å². The third-order valence-corrected chi connectivity index (χ3v) is 7.62. The number of rotatable bonds is 7. The predicted octanol–water partition coefficient (Wildman–Crippen LogP) is 2.08. The Labute approximate surface area is 181 Å². The van der Waals surface area contributed by atoms with Gasteiger partial charge in [0.25, 0.3) is 5.91 Å². The molecular formula is C22H29N3O4S. The molecule has 0 aliphatic carbocycles. The van der Waals surface area contributed by atoms with Gasteiger partial charge in [-0.1, -0.05) is 38.5 Å². The van der Waals surface area contributed by atoms with E-state index in [1.807, 2.05) is 38.1 Å². The molecule has 0 aromatic heterocycles. The van der Waals surface area contributed by atoms with Gasteiger partial charge in [0.1, 0.15) is 17.5 Å². The molecule has 0 saturated carbocycles. The fraction of sp³-hybridized carbons (Fsp3) is 0.591. The second-order valence-corrected chi connectivity index (χ2v) is 9.37. The van der Waals surface area contributed by atoms with Crippen LogP contribution in [0.1, 0.15) is 54.4 Å². The number of hydrogen-bond acceptors (Lipinski definition) is 5. The first kappa shape index (κ1) is 21.2. The molecule has 7 nitrogen and oxygen atoms in total. The zero-order valence-corrected chi connectivity index (χ0v) is 18.2. The summed E-state index contributed by atoms with van der Waals surface area (Å²) in [7, 11) is 0. The van der Waals surface area contributed by atoms with Gasteiger partial charge in [-0.15, -0.1) is 11.8 Å². The average Bonchev–Trinajstić information content (AvgIpc) is 3.49. The van der Waals surface area contributed by atoms with Crippen LogP contribution in [0.4, 0.5) is 0 Å². The first-order valence-electron chi connectivity index (χ1n) is 10.7. The van der Waals surface area contributed by atoms with Crippen molar-refractivity contribution in [2.45, 2.75) is 56.7 Å². The van der Waals surface area contributed by atoms with Crippen molar-refractivity contribution in [1.82, 2.24) is 15.5 Å². The molecule has 0 bridgehead atoms. The van der Waals surface area contributed by atoms with Gasteiger partial charge < -0.3 is 20.3 Å². The molecular weight excluding hydrogens is 402 g/mol. The predicted molar refractivity (Wildman–Crippen MR) is 115 cm³/mol. The number of benzene rings is 1. The molecule has 0 unspecified atom stereocenters. The number of fused-ring (bicyclic) bond motifs is 3. The van der Waals surface area contributed by atoms with Crippen LogP contribution < -0.4 is 10.6 Å². The minimum atomic E-state index is -0.631. The molecule has 2 saturated heterocycles. The van der Waals surface area contributed by atoms with E-state index >= 15 is 0 Å². The Morgan fingerprint density at radius 3 is 2.87 bits per heavy atom. The van der Waals surface area contributed by atoms with E-state index in [0.29, 0.717) is 17.9 Å². The molecule has 3 aliphatic rings. The highest BCUT2D eigenvalue weighted by atomic mass is 32.2. The summed E-state index contributed by atoms with van der Waals surface area (Å²) in [6, 6.07) is 6.32. The summed E-state index contributed by atoms with van der Waals surface area (Å²) in [5.74, 6) is -0.0463. The van der Waals surface area contributed by atoms with Crippen LogP contribution in [-0.2, 0) is 14.3 Å². The van der Waals surface area contributed by atoms with E-state index in [2.05, 4.69) is 10.6 Å². The van der Waals surface area contributed by atoms with Gasteiger partial charge in [-0.25, -0.2) is 0 Å². The Hall–Kier alpha value is -2.06. The highest BCUT2D eigenvalue weighted by molar-refractivity contribution is 7.99. The van der Waals surface area contributed by atoms with Crippen molar-refractivity contribution in [3.63, 3.8) is 0 Å². The Balaban J connectivity index is 1.42. The number of carbonyl (C=O) groups is 3. The summed E-state index contributed by atoms with van der Waals surface area (Å²) in [6.07, 6.45) is 2.77. The van der Waals surface area contributed by atoms with Crippen molar-refractivity contribution in [2.75, 3.05) is 18.9 Å². The first-order chi connectivity index (χ1) is 14.5. The summed E-state index contributed by atoms with van der Waals surface area (Å²) in [5.41, 5.74) is 1.64. The summed E-state index contributed by atoms with van der Waals surface area (Å²) < 4.78 is 5.57. The highest BCUT2D eigenvalue weighted by Crippen LogP contribution is 2.48. The lowest BCUT2D eigenvalue weighted by molar-refractivity contribution is -0.132. The average molecular weight is 432 g/mol. The monoisotopic (exact) mass is 431 g/mol. The number of amides is 3. The van der Waals surface area contributed by atoms with Gasteiger partial charge in [0, 0.05) is 24.5 Å². The number of hydrogen-bond donors (Lipinski definition) is 2. The van der Waals surface area contributed by atoms with E-state index in [9.17, 15) is 14.4 Å². The van der Waals surface area contributed by atoms with Crippen molar-refractivity contribution in [3.05, 3.63) is 35.4 Å². The highest BCUT2D eigenvalue weighted by Gasteiger charge is 2.48. The van der Waals surface area contributed by atoms with Crippen molar-refractivity contribution in [2.24, 2.45) is 5.92 Å². The Morgan fingerprint density at radius 2 is 2.13 bits per heavy atom. The van der Waals surface area contributed by atoms with Gasteiger partial charge >= 0.3 is 0 Å². The van der Waals surface area contributed by atoms with Crippen LogP contribution in [0.5, 0.6) is 0 Å². The molecule has 1 aromatic rings. The van der Waals surface area contributed by atoms with E-state index in [-0.39, 0.29) is 35.1 Å². The molecule has 162 valence electrons. The topological polar surface area (TPSA) is 87.7 Å². The molecule has 3 aliphatic heterocycles. The molecule has 3 amide bonds. The fourth-order valence-corrected chi connectivity index (χ4v) is 5.79. The van der Waals surface area contributed by atoms with Crippen LogP contribution in [0.2, 0.25) is 0 Å². The molecule has 5 atom stereocenters. The normalized spacial score (nSPS) is 26.8. The Morgan fingerprint density at radius 1 is 1.33 bits per heavy atom. The first-order valence-corrected chi connectivity index (χ1v) is 11.8. The van der Waals surface area contributed by atoms with Crippen LogP contribution in [0.3, 0.4) is 0 Å². The van der Waals surface area contributed by atoms with Crippen molar-refractivity contribution >= 4 is 29.5 Å². The molecule has 3 heterocycles. The number of nitrogens with zero attached hydrogens (tertiary/aromatic N) is 1. The van der Waals surface area contributed by atoms with Crippen LogP contribution in [-0.4, -0.2) is 59.7 Å². The number of ether oxygens (including phenoxy) is 1. The number of carbonyl (C=O) groups excluding carboxylic acids is 3. The van der Waals surface area contributed by atoms with Gasteiger partial charge in [0.2, 0.25) is 11.8 Å². The number of nitrogens with one attached hydrogen (secondary N) is 2. The molecule has 0 spiro atoms. The second-order valence-electron chi connectivity index (χ2n) is 8.25. The molecule has 8 heteroatoms. The maximum absolute atomic E-state index is 13.2. The summed E-state index contributed by atoms with van der Waals surface area (Å²) in [6.45, 7) is 5.15. The number of thioether (sulfide) groups is 1. The van der Waals surface area contributed by atoms with Gasteiger partial charge in [-0.2, -0.15) is 0 Å². The summed E-state index contributed by atoms with van der Waals surface area (Å²) in [4.78, 5) is 40.6.